The number of nitrogen functional groups attached to an aromatic ring is 1. The Morgan fingerprint density at radius 1 is 1.19 bits per heavy atom. The van der Waals surface area contributed by atoms with Crippen LogP contribution in [0.25, 0.3) is 10.9 Å². The number of hydrogen-bond acceptors (Lipinski definition) is 7. The molecule has 2 heterocycles. The van der Waals surface area contributed by atoms with E-state index < -0.39 is 0 Å². The topological polar surface area (TPSA) is 86.0 Å². The number of ether oxygens (including phenoxy) is 1. The van der Waals surface area contributed by atoms with E-state index in [2.05, 4.69) is 20.4 Å². The van der Waals surface area contributed by atoms with Crippen LogP contribution in [0.3, 0.4) is 0 Å². The molecule has 6 nitrogen and oxygen atoms in total. The molecule has 0 saturated heterocycles. The highest BCUT2D eigenvalue weighted by Crippen LogP contribution is 2.25. The van der Waals surface area contributed by atoms with E-state index in [-0.39, 0.29) is 0 Å². The van der Waals surface area contributed by atoms with Crippen molar-refractivity contribution in [3.05, 3.63) is 42.6 Å². The number of nitrogens with one attached hydrogen (secondary N) is 1. The molecule has 1 aromatic carbocycles. The number of nitrogens with zero attached hydrogens (tertiary/aromatic N) is 3. The lowest BCUT2D eigenvalue weighted by Gasteiger charge is -2.08. The van der Waals surface area contributed by atoms with Crippen LogP contribution in [0, 0.1) is 0 Å². The molecule has 3 aromatic rings. The van der Waals surface area contributed by atoms with Gasteiger partial charge < -0.3 is 10.2 Å². The van der Waals surface area contributed by atoms with Gasteiger partial charge in [0.25, 0.3) is 0 Å². The molecule has 0 radical (unpaired) electrons. The Kier molecular flexibility index (Phi) is 3.85. The maximum Gasteiger partial charge on any atom is 0.225 e. The highest BCUT2D eigenvalue weighted by molar-refractivity contribution is 7.98. The average molecular weight is 299 g/mol. The summed E-state index contributed by atoms with van der Waals surface area (Å²) in [5, 5.41) is 1.58. The highest BCUT2D eigenvalue weighted by atomic mass is 32.2. The fourth-order valence-electron chi connectivity index (χ4n) is 1.85. The number of nitrogens with two attached hydrogens (primary N) is 1. The zero-order valence-electron chi connectivity index (χ0n) is 11.3. The van der Waals surface area contributed by atoms with Gasteiger partial charge in [-0.3, -0.25) is 4.98 Å². The van der Waals surface area contributed by atoms with Crippen LogP contribution in [-0.2, 0) is 0 Å². The molecule has 21 heavy (non-hydrogen) atoms. The van der Waals surface area contributed by atoms with Crippen molar-refractivity contribution in [1.82, 2.24) is 15.0 Å². The van der Waals surface area contributed by atoms with E-state index in [0.29, 0.717) is 22.6 Å². The quantitative estimate of drug-likeness (QED) is 0.331. The molecule has 3 rings (SSSR count). The second-order valence-corrected chi connectivity index (χ2v) is 4.96. The summed E-state index contributed by atoms with van der Waals surface area (Å²) in [6.45, 7) is 0. The molecular weight excluding hydrogens is 286 g/mol. The van der Waals surface area contributed by atoms with Gasteiger partial charge in [0.1, 0.15) is 11.6 Å². The van der Waals surface area contributed by atoms with Gasteiger partial charge in [0.15, 0.2) is 5.16 Å². The number of pyridine rings is 1. The van der Waals surface area contributed by atoms with E-state index >= 15 is 0 Å². The molecule has 0 saturated carbocycles. The third-order valence-corrected chi connectivity index (χ3v) is 3.35. The normalized spacial score (nSPS) is 10.6. The molecule has 0 aliphatic carbocycles. The fraction of sp³-hybridized carbons (Fsp3) is 0.0714. The summed E-state index contributed by atoms with van der Waals surface area (Å²) in [6, 6.07) is 11.4. The lowest BCUT2D eigenvalue weighted by molar-refractivity contribution is 0.455. The summed E-state index contributed by atoms with van der Waals surface area (Å²) in [5.74, 6) is 6.92. The van der Waals surface area contributed by atoms with Crippen LogP contribution < -0.4 is 16.0 Å². The molecule has 3 N–H and O–H groups in total. The maximum absolute atomic E-state index is 5.75. The molecule has 0 unspecified atom stereocenters. The number of hydrazine groups is 1. The summed E-state index contributed by atoms with van der Waals surface area (Å²) >= 11 is 1.41. The van der Waals surface area contributed by atoms with Crippen LogP contribution in [0.15, 0.2) is 47.8 Å². The SMILES string of the molecule is CSc1nc(NN)cc(Oc2cnc3ccccc3c2)n1. The van der Waals surface area contributed by atoms with Crippen LogP contribution in [0.2, 0.25) is 0 Å². The van der Waals surface area contributed by atoms with Gasteiger partial charge in [0, 0.05) is 11.5 Å². The number of rotatable bonds is 4. The maximum atomic E-state index is 5.75. The Balaban J connectivity index is 1.94. The van der Waals surface area contributed by atoms with Gasteiger partial charge in [-0.1, -0.05) is 30.0 Å². The fourth-order valence-corrected chi connectivity index (χ4v) is 2.22. The van der Waals surface area contributed by atoms with Crippen molar-refractivity contribution in [2.45, 2.75) is 5.16 Å². The van der Waals surface area contributed by atoms with Gasteiger partial charge in [0.2, 0.25) is 5.88 Å². The van der Waals surface area contributed by atoms with Gasteiger partial charge in [0.05, 0.1) is 11.7 Å². The minimum atomic E-state index is 0.416. The number of para-hydroxylation sites is 1. The van der Waals surface area contributed by atoms with Gasteiger partial charge in [-0.05, 0) is 18.4 Å². The summed E-state index contributed by atoms with van der Waals surface area (Å²) in [6.07, 6.45) is 3.55. The molecule has 0 spiro atoms. The summed E-state index contributed by atoms with van der Waals surface area (Å²) in [7, 11) is 0. The van der Waals surface area contributed by atoms with Crippen molar-refractivity contribution in [1.29, 1.82) is 0 Å². The molecule has 106 valence electrons. The van der Waals surface area contributed by atoms with Crippen LogP contribution in [0.4, 0.5) is 5.82 Å². The lowest BCUT2D eigenvalue weighted by Crippen LogP contribution is -2.09. The number of hydrogen-bond donors (Lipinski definition) is 2. The van der Waals surface area contributed by atoms with Gasteiger partial charge >= 0.3 is 0 Å². The standard InChI is InChI=1S/C14H13N5OS/c1-21-14-17-12(19-15)7-13(18-14)20-10-6-9-4-2-3-5-11(9)16-8-10/h2-8H,15H2,1H3,(H,17,18,19). The van der Waals surface area contributed by atoms with E-state index in [4.69, 9.17) is 10.6 Å². The van der Waals surface area contributed by atoms with Crippen LogP contribution in [-0.4, -0.2) is 21.2 Å². The Hall–Kier alpha value is -2.38. The second kappa shape index (κ2) is 5.94. The van der Waals surface area contributed by atoms with Crippen LogP contribution >= 0.6 is 11.8 Å². The van der Waals surface area contributed by atoms with Gasteiger partial charge in [-0.25, -0.2) is 10.8 Å². The minimum absolute atomic E-state index is 0.416. The highest BCUT2D eigenvalue weighted by Gasteiger charge is 2.06. The van der Waals surface area contributed by atoms with E-state index in [9.17, 15) is 0 Å². The Morgan fingerprint density at radius 3 is 2.86 bits per heavy atom. The summed E-state index contributed by atoms with van der Waals surface area (Å²) in [5.41, 5.74) is 3.42. The molecule has 0 amide bonds. The predicted octanol–water partition coefficient (Wildman–Crippen LogP) is 2.82. The Morgan fingerprint density at radius 2 is 2.05 bits per heavy atom. The van der Waals surface area contributed by atoms with Gasteiger partial charge in [-0.15, -0.1) is 0 Å². The van der Waals surface area contributed by atoms with E-state index in [1.54, 1.807) is 12.3 Å². The first-order valence-electron chi connectivity index (χ1n) is 6.21. The van der Waals surface area contributed by atoms with Crippen molar-refractivity contribution in [3.63, 3.8) is 0 Å². The predicted molar refractivity (Wildman–Crippen MR) is 83.4 cm³/mol. The number of benzene rings is 1. The average Bonchev–Trinajstić information content (AvgIpc) is 2.54. The number of fused-ring (bicyclic) bond motifs is 1. The van der Waals surface area contributed by atoms with Crippen molar-refractivity contribution in [2.75, 3.05) is 11.7 Å². The molecule has 0 fully saturated rings. The lowest BCUT2D eigenvalue weighted by atomic mass is 10.2. The molecule has 2 aromatic heterocycles. The van der Waals surface area contributed by atoms with E-state index in [1.165, 1.54) is 11.8 Å². The molecule has 0 bridgehead atoms. The van der Waals surface area contributed by atoms with Crippen molar-refractivity contribution in [3.8, 4) is 11.6 Å². The summed E-state index contributed by atoms with van der Waals surface area (Å²) < 4.78 is 5.75. The number of aromatic nitrogens is 3. The van der Waals surface area contributed by atoms with Gasteiger partial charge in [-0.2, -0.15) is 4.98 Å². The van der Waals surface area contributed by atoms with Crippen LogP contribution in [0.1, 0.15) is 0 Å². The monoisotopic (exact) mass is 299 g/mol. The van der Waals surface area contributed by atoms with Crippen molar-refractivity contribution in [2.24, 2.45) is 5.84 Å². The van der Waals surface area contributed by atoms with E-state index in [0.717, 1.165) is 10.9 Å². The zero-order chi connectivity index (χ0) is 14.7. The first kappa shape index (κ1) is 13.6. The first-order chi connectivity index (χ1) is 10.3. The third kappa shape index (κ3) is 3.04. The second-order valence-electron chi connectivity index (χ2n) is 4.19. The minimum Gasteiger partial charge on any atom is -0.437 e. The summed E-state index contributed by atoms with van der Waals surface area (Å²) in [4.78, 5) is 12.8. The molecule has 0 aliphatic rings. The first-order valence-corrected chi connectivity index (χ1v) is 7.43. The van der Waals surface area contributed by atoms with Crippen LogP contribution in [0.5, 0.6) is 11.6 Å². The van der Waals surface area contributed by atoms with E-state index in [1.807, 2.05) is 36.6 Å². The third-order valence-electron chi connectivity index (χ3n) is 2.80. The zero-order valence-corrected chi connectivity index (χ0v) is 12.1. The molecule has 7 heteroatoms. The number of anilines is 1. The Labute approximate surface area is 125 Å². The molecule has 0 atom stereocenters. The number of thioether (sulfide) groups is 1. The molecule has 0 aliphatic heterocycles. The van der Waals surface area contributed by atoms with Crippen molar-refractivity contribution >= 4 is 28.5 Å². The Bertz CT molecular complexity index is 758. The largest absolute Gasteiger partial charge is 0.437 e. The van der Waals surface area contributed by atoms with Crippen molar-refractivity contribution < 1.29 is 4.74 Å². The smallest absolute Gasteiger partial charge is 0.225 e. The molecular formula is C14H13N5OS.